The van der Waals surface area contributed by atoms with Gasteiger partial charge in [-0.2, -0.15) is 4.98 Å². The van der Waals surface area contributed by atoms with Gasteiger partial charge in [-0.25, -0.2) is 4.98 Å². The minimum Gasteiger partial charge on any atom is -0.381 e. The summed E-state index contributed by atoms with van der Waals surface area (Å²) < 4.78 is 5.41. The van der Waals surface area contributed by atoms with Gasteiger partial charge in [0.2, 0.25) is 5.28 Å². The van der Waals surface area contributed by atoms with Crippen LogP contribution < -0.4 is 4.90 Å². The predicted molar refractivity (Wildman–Crippen MR) is 73.7 cm³/mol. The Hall–Kier alpha value is -0.520. The molecule has 6 heteroatoms. The van der Waals surface area contributed by atoms with E-state index in [1.807, 2.05) is 11.8 Å². The largest absolute Gasteiger partial charge is 0.381 e. The van der Waals surface area contributed by atoms with Crippen LogP contribution in [0.25, 0.3) is 0 Å². The lowest BCUT2D eigenvalue weighted by molar-refractivity contribution is 0.0852. The molecular weight excluding hydrogens is 270 g/mol. The lowest BCUT2D eigenvalue weighted by Gasteiger charge is -2.32. The predicted octanol–water partition coefficient (Wildman–Crippen LogP) is 2.39. The van der Waals surface area contributed by atoms with Crippen molar-refractivity contribution in [1.29, 1.82) is 0 Å². The average Bonchev–Trinajstić information content (AvgIpc) is 2.86. The summed E-state index contributed by atoms with van der Waals surface area (Å²) in [6, 6.07) is 0.495. The Morgan fingerprint density at radius 1 is 1.33 bits per heavy atom. The highest BCUT2D eigenvalue weighted by Gasteiger charge is 2.26. The van der Waals surface area contributed by atoms with E-state index in [0.717, 1.165) is 49.7 Å². The molecule has 1 aromatic rings. The molecule has 0 amide bonds. The number of nitrogens with zero attached hydrogens (tertiary/aromatic N) is 3. The zero-order valence-electron chi connectivity index (χ0n) is 10.4. The Kier molecular flexibility index (Phi) is 3.63. The minimum atomic E-state index is 0.366. The molecule has 0 atom stereocenters. The first-order chi connectivity index (χ1) is 8.75. The normalized spacial score (nSPS) is 19.9. The number of aromatic nitrogens is 2. The summed E-state index contributed by atoms with van der Waals surface area (Å²) in [6.07, 6.45) is 3.10. The molecule has 18 heavy (non-hydrogen) atoms. The fourth-order valence-corrected chi connectivity index (χ4v) is 3.82. The van der Waals surface area contributed by atoms with E-state index in [2.05, 4.69) is 21.9 Å². The van der Waals surface area contributed by atoms with Crippen LogP contribution in [0.4, 0.5) is 5.82 Å². The minimum absolute atomic E-state index is 0.366. The van der Waals surface area contributed by atoms with E-state index in [1.54, 1.807) is 0 Å². The van der Waals surface area contributed by atoms with E-state index in [0.29, 0.717) is 11.3 Å². The summed E-state index contributed by atoms with van der Waals surface area (Å²) in [6.45, 7) is 1.67. The molecule has 1 fully saturated rings. The molecule has 0 aromatic carbocycles. The highest BCUT2D eigenvalue weighted by atomic mass is 35.5. The van der Waals surface area contributed by atoms with E-state index < -0.39 is 0 Å². The zero-order valence-corrected chi connectivity index (χ0v) is 11.9. The molecule has 0 saturated carbocycles. The monoisotopic (exact) mass is 285 g/mol. The third-order valence-corrected chi connectivity index (χ3v) is 4.83. The summed E-state index contributed by atoms with van der Waals surface area (Å²) in [5.41, 5.74) is 1.11. The average molecular weight is 286 g/mol. The number of anilines is 1. The summed E-state index contributed by atoms with van der Waals surface area (Å²) in [5, 5.41) is 0.366. The molecule has 0 spiro atoms. The van der Waals surface area contributed by atoms with Crippen molar-refractivity contribution < 1.29 is 4.74 Å². The Labute approximate surface area is 116 Å². The van der Waals surface area contributed by atoms with Gasteiger partial charge in [0.25, 0.3) is 0 Å². The quantitative estimate of drug-likeness (QED) is 0.780. The number of rotatable bonds is 2. The topological polar surface area (TPSA) is 38.2 Å². The molecule has 4 nitrogen and oxygen atoms in total. The molecule has 0 aliphatic carbocycles. The Morgan fingerprint density at radius 2 is 2.11 bits per heavy atom. The van der Waals surface area contributed by atoms with Crippen molar-refractivity contribution in [2.45, 2.75) is 30.2 Å². The van der Waals surface area contributed by atoms with Crippen LogP contribution in [0, 0.1) is 0 Å². The van der Waals surface area contributed by atoms with Gasteiger partial charge in [0.1, 0.15) is 5.82 Å². The molecular formula is C12H16ClN3OS. The SMILES string of the molecule is CN(c1nc(Cl)nc2c1SCC2)C1CCOCC1. The third kappa shape index (κ3) is 2.31. The van der Waals surface area contributed by atoms with Crippen LogP contribution in [0.2, 0.25) is 5.28 Å². The molecule has 0 unspecified atom stereocenters. The van der Waals surface area contributed by atoms with E-state index in [4.69, 9.17) is 16.3 Å². The number of halogens is 1. The van der Waals surface area contributed by atoms with E-state index in [-0.39, 0.29) is 0 Å². The van der Waals surface area contributed by atoms with Crippen LogP contribution in [-0.2, 0) is 11.2 Å². The van der Waals surface area contributed by atoms with Gasteiger partial charge in [-0.05, 0) is 24.4 Å². The number of fused-ring (bicyclic) bond motifs is 1. The molecule has 98 valence electrons. The summed E-state index contributed by atoms with van der Waals surface area (Å²) in [7, 11) is 2.10. The van der Waals surface area contributed by atoms with Gasteiger partial charge in [-0.1, -0.05) is 0 Å². The fourth-order valence-electron chi connectivity index (χ4n) is 2.51. The van der Waals surface area contributed by atoms with Gasteiger partial charge in [0, 0.05) is 38.5 Å². The van der Waals surface area contributed by atoms with Crippen molar-refractivity contribution in [3.63, 3.8) is 0 Å². The lowest BCUT2D eigenvalue weighted by atomic mass is 10.1. The van der Waals surface area contributed by atoms with Gasteiger partial charge in [0.15, 0.2) is 0 Å². The van der Waals surface area contributed by atoms with Crippen LogP contribution in [0.3, 0.4) is 0 Å². The molecule has 2 aliphatic heterocycles. The van der Waals surface area contributed by atoms with Gasteiger partial charge in [-0.15, -0.1) is 11.8 Å². The molecule has 0 N–H and O–H groups in total. The van der Waals surface area contributed by atoms with Crippen molar-refractivity contribution in [3.05, 3.63) is 11.0 Å². The number of hydrogen-bond acceptors (Lipinski definition) is 5. The van der Waals surface area contributed by atoms with Crippen molar-refractivity contribution in [1.82, 2.24) is 9.97 Å². The molecule has 2 aliphatic rings. The van der Waals surface area contributed by atoms with E-state index >= 15 is 0 Å². The summed E-state index contributed by atoms with van der Waals surface area (Å²) in [4.78, 5) is 12.2. The molecule has 0 radical (unpaired) electrons. The molecule has 0 bridgehead atoms. The van der Waals surface area contributed by atoms with Gasteiger partial charge in [0.05, 0.1) is 10.6 Å². The van der Waals surface area contributed by atoms with Crippen molar-refractivity contribution in [2.24, 2.45) is 0 Å². The highest BCUT2D eigenvalue weighted by molar-refractivity contribution is 7.99. The summed E-state index contributed by atoms with van der Waals surface area (Å²) >= 11 is 7.87. The highest BCUT2D eigenvalue weighted by Crippen LogP contribution is 2.38. The van der Waals surface area contributed by atoms with Crippen molar-refractivity contribution in [3.8, 4) is 0 Å². The van der Waals surface area contributed by atoms with Gasteiger partial charge in [-0.3, -0.25) is 0 Å². The first kappa shape index (κ1) is 12.5. The summed E-state index contributed by atoms with van der Waals surface area (Å²) in [5.74, 6) is 2.08. The number of hydrogen-bond donors (Lipinski definition) is 0. The number of ether oxygens (including phenoxy) is 1. The zero-order chi connectivity index (χ0) is 12.5. The third-order valence-electron chi connectivity index (χ3n) is 3.55. The maximum Gasteiger partial charge on any atom is 0.224 e. The lowest BCUT2D eigenvalue weighted by Crippen LogP contribution is -2.37. The van der Waals surface area contributed by atoms with Crippen LogP contribution in [-0.4, -0.2) is 42.0 Å². The molecule has 3 rings (SSSR count). The standard InChI is InChI=1S/C12H16ClN3OS/c1-16(8-2-5-17-6-3-8)11-10-9(4-7-18-10)14-12(13)15-11/h8H,2-7H2,1H3. The maximum absolute atomic E-state index is 6.03. The number of aryl methyl sites for hydroxylation is 1. The fraction of sp³-hybridized carbons (Fsp3) is 0.667. The molecule has 1 aromatic heterocycles. The maximum atomic E-state index is 6.03. The van der Waals surface area contributed by atoms with Gasteiger partial charge >= 0.3 is 0 Å². The Balaban J connectivity index is 1.91. The van der Waals surface area contributed by atoms with Crippen LogP contribution in [0.15, 0.2) is 4.90 Å². The van der Waals surface area contributed by atoms with Gasteiger partial charge < -0.3 is 9.64 Å². The van der Waals surface area contributed by atoms with Crippen LogP contribution in [0.5, 0.6) is 0 Å². The first-order valence-corrected chi connectivity index (χ1v) is 7.62. The smallest absolute Gasteiger partial charge is 0.224 e. The van der Waals surface area contributed by atoms with Crippen LogP contribution in [0.1, 0.15) is 18.5 Å². The molecule has 1 saturated heterocycles. The Bertz CT molecular complexity index is 451. The van der Waals surface area contributed by atoms with Crippen molar-refractivity contribution >= 4 is 29.2 Å². The van der Waals surface area contributed by atoms with Crippen LogP contribution >= 0.6 is 23.4 Å². The second-order valence-corrected chi connectivity index (χ2v) is 6.09. The second kappa shape index (κ2) is 5.23. The van der Waals surface area contributed by atoms with E-state index in [1.165, 1.54) is 4.90 Å². The Morgan fingerprint density at radius 3 is 2.89 bits per heavy atom. The van der Waals surface area contributed by atoms with Crippen molar-refractivity contribution in [2.75, 3.05) is 30.9 Å². The second-order valence-electron chi connectivity index (χ2n) is 4.64. The van der Waals surface area contributed by atoms with E-state index in [9.17, 15) is 0 Å². The molecule has 3 heterocycles. The first-order valence-electron chi connectivity index (χ1n) is 6.25. The number of thioether (sulfide) groups is 1.